The average Bonchev–Trinajstić information content (AvgIpc) is 2.61. The van der Waals surface area contributed by atoms with E-state index >= 15 is 0 Å². The highest BCUT2D eigenvalue weighted by Gasteiger charge is 2.33. The maximum Gasteiger partial charge on any atom is 0.274 e. The maximum absolute atomic E-state index is 12.2. The number of hydrogen-bond donors (Lipinski definition) is 1. The Kier molecular flexibility index (Phi) is 3.00. The van der Waals surface area contributed by atoms with Gasteiger partial charge in [0.05, 0.1) is 5.02 Å². The molecular weight excluding hydrogens is 238 g/mol. The van der Waals surface area contributed by atoms with Crippen molar-refractivity contribution in [2.45, 2.75) is 20.3 Å². The van der Waals surface area contributed by atoms with Crippen molar-refractivity contribution in [1.29, 1.82) is 0 Å². The standard InChI is InChI=1S/C12H16ClN3O/c1-12(2)5-6-16(7-12)11(17)10-8(13)3-4-9(14)15-10/h3-4H,5-7H2,1-2H3,(H2,14,15). The Bertz CT molecular complexity index is 459. The molecule has 0 radical (unpaired) electrons. The van der Waals surface area contributed by atoms with Crippen molar-refractivity contribution in [3.63, 3.8) is 0 Å². The second-order valence-corrected chi connectivity index (χ2v) is 5.61. The molecule has 4 nitrogen and oxygen atoms in total. The van der Waals surface area contributed by atoms with Crippen LogP contribution in [0.3, 0.4) is 0 Å². The van der Waals surface area contributed by atoms with Crippen LogP contribution in [0.25, 0.3) is 0 Å². The summed E-state index contributed by atoms with van der Waals surface area (Å²) in [5.41, 5.74) is 6.00. The first-order chi connectivity index (χ1) is 7.89. The van der Waals surface area contributed by atoms with Crippen LogP contribution in [0.15, 0.2) is 12.1 Å². The molecule has 5 heteroatoms. The second-order valence-electron chi connectivity index (χ2n) is 5.21. The van der Waals surface area contributed by atoms with Gasteiger partial charge in [-0.3, -0.25) is 4.79 Å². The summed E-state index contributed by atoms with van der Waals surface area (Å²) in [4.78, 5) is 18.0. The summed E-state index contributed by atoms with van der Waals surface area (Å²) in [6.07, 6.45) is 0.999. The van der Waals surface area contributed by atoms with Crippen molar-refractivity contribution in [1.82, 2.24) is 9.88 Å². The van der Waals surface area contributed by atoms with Gasteiger partial charge in [-0.1, -0.05) is 25.4 Å². The molecule has 1 aromatic heterocycles. The van der Waals surface area contributed by atoms with E-state index in [2.05, 4.69) is 18.8 Å². The van der Waals surface area contributed by atoms with Gasteiger partial charge in [0.2, 0.25) is 0 Å². The molecule has 2 rings (SSSR count). The van der Waals surface area contributed by atoms with Crippen LogP contribution in [-0.4, -0.2) is 28.9 Å². The molecule has 1 aliphatic rings. The number of aromatic nitrogens is 1. The minimum absolute atomic E-state index is 0.132. The van der Waals surface area contributed by atoms with Crippen molar-refractivity contribution in [3.05, 3.63) is 22.8 Å². The van der Waals surface area contributed by atoms with Gasteiger partial charge in [0.15, 0.2) is 0 Å². The Labute approximate surface area is 106 Å². The van der Waals surface area contributed by atoms with E-state index in [9.17, 15) is 4.79 Å². The predicted octanol–water partition coefficient (Wildman–Crippen LogP) is 2.19. The van der Waals surface area contributed by atoms with E-state index < -0.39 is 0 Å². The third kappa shape index (κ3) is 2.52. The maximum atomic E-state index is 12.2. The molecule has 1 aromatic rings. The van der Waals surface area contributed by atoms with Gasteiger partial charge in [0, 0.05) is 13.1 Å². The molecule has 0 unspecified atom stereocenters. The number of amides is 1. The number of carbonyl (C=O) groups is 1. The summed E-state index contributed by atoms with van der Waals surface area (Å²) in [6.45, 7) is 5.78. The first-order valence-electron chi connectivity index (χ1n) is 5.60. The fraction of sp³-hybridized carbons (Fsp3) is 0.500. The minimum atomic E-state index is -0.132. The zero-order chi connectivity index (χ0) is 12.6. The van der Waals surface area contributed by atoms with Gasteiger partial charge >= 0.3 is 0 Å². The van der Waals surface area contributed by atoms with Crippen LogP contribution < -0.4 is 5.73 Å². The van der Waals surface area contributed by atoms with Gasteiger partial charge in [-0.05, 0) is 24.0 Å². The molecule has 2 heterocycles. The summed E-state index contributed by atoms with van der Waals surface area (Å²) in [7, 11) is 0. The molecule has 0 spiro atoms. The lowest BCUT2D eigenvalue weighted by atomic mass is 9.93. The van der Waals surface area contributed by atoms with E-state index in [-0.39, 0.29) is 17.0 Å². The Hall–Kier alpha value is -1.29. The summed E-state index contributed by atoms with van der Waals surface area (Å²) >= 11 is 5.98. The molecule has 0 atom stereocenters. The summed E-state index contributed by atoms with van der Waals surface area (Å²) in [6, 6.07) is 3.20. The molecule has 1 saturated heterocycles. The molecule has 0 aromatic carbocycles. The average molecular weight is 254 g/mol. The topological polar surface area (TPSA) is 59.2 Å². The van der Waals surface area contributed by atoms with E-state index in [0.717, 1.165) is 19.5 Å². The summed E-state index contributed by atoms with van der Waals surface area (Å²) in [5.74, 6) is 0.184. The SMILES string of the molecule is CC1(C)CCN(C(=O)c2nc(N)ccc2Cl)C1. The molecular formula is C12H16ClN3O. The monoisotopic (exact) mass is 253 g/mol. The van der Waals surface area contributed by atoms with Crippen LogP contribution in [0.2, 0.25) is 5.02 Å². The third-order valence-electron chi connectivity index (χ3n) is 3.03. The molecule has 1 fully saturated rings. The number of halogens is 1. The van der Waals surface area contributed by atoms with Crippen molar-refractivity contribution >= 4 is 23.3 Å². The van der Waals surface area contributed by atoms with Crippen molar-refractivity contribution in [3.8, 4) is 0 Å². The quantitative estimate of drug-likeness (QED) is 0.835. The van der Waals surface area contributed by atoms with Gasteiger partial charge in [0.25, 0.3) is 5.91 Å². The normalized spacial score (nSPS) is 18.4. The zero-order valence-electron chi connectivity index (χ0n) is 10.0. The number of nitrogens with two attached hydrogens (primary N) is 1. The highest BCUT2D eigenvalue weighted by molar-refractivity contribution is 6.33. The zero-order valence-corrected chi connectivity index (χ0v) is 10.8. The minimum Gasteiger partial charge on any atom is -0.384 e. The van der Waals surface area contributed by atoms with Gasteiger partial charge in [-0.25, -0.2) is 4.98 Å². The lowest BCUT2D eigenvalue weighted by Crippen LogP contribution is -2.31. The Morgan fingerprint density at radius 2 is 2.24 bits per heavy atom. The number of nitrogens with zero attached hydrogens (tertiary/aromatic N) is 2. The van der Waals surface area contributed by atoms with Crippen LogP contribution in [0.5, 0.6) is 0 Å². The first-order valence-corrected chi connectivity index (χ1v) is 5.98. The van der Waals surface area contributed by atoms with Crippen molar-refractivity contribution < 1.29 is 4.79 Å². The van der Waals surface area contributed by atoms with E-state index in [1.165, 1.54) is 0 Å². The number of pyridine rings is 1. The lowest BCUT2D eigenvalue weighted by molar-refractivity contribution is 0.0773. The number of hydrogen-bond acceptors (Lipinski definition) is 3. The van der Waals surface area contributed by atoms with Crippen LogP contribution in [-0.2, 0) is 0 Å². The molecule has 0 bridgehead atoms. The van der Waals surface area contributed by atoms with E-state index in [4.69, 9.17) is 17.3 Å². The van der Waals surface area contributed by atoms with Gasteiger partial charge < -0.3 is 10.6 Å². The fourth-order valence-corrected chi connectivity index (χ4v) is 2.23. The molecule has 0 saturated carbocycles. The number of likely N-dealkylation sites (tertiary alicyclic amines) is 1. The summed E-state index contributed by atoms with van der Waals surface area (Å²) in [5, 5.41) is 0.355. The van der Waals surface area contributed by atoms with Crippen molar-refractivity contribution in [2.75, 3.05) is 18.8 Å². The Morgan fingerprint density at radius 3 is 2.82 bits per heavy atom. The highest BCUT2D eigenvalue weighted by Crippen LogP contribution is 2.30. The molecule has 2 N–H and O–H groups in total. The van der Waals surface area contributed by atoms with Crippen LogP contribution in [0, 0.1) is 5.41 Å². The van der Waals surface area contributed by atoms with Crippen LogP contribution in [0.1, 0.15) is 30.8 Å². The predicted molar refractivity (Wildman–Crippen MR) is 68.0 cm³/mol. The molecule has 0 aliphatic carbocycles. The van der Waals surface area contributed by atoms with Crippen molar-refractivity contribution in [2.24, 2.45) is 5.41 Å². The highest BCUT2D eigenvalue weighted by atomic mass is 35.5. The number of nitrogen functional groups attached to an aromatic ring is 1. The van der Waals surface area contributed by atoms with Crippen LogP contribution >= 0.6 is 11.6 Å². The number of carbonyl (C=O) groups excluding carboxylic acids is 1. The number of rotatable bonds is 1. The fourth-order valence-electron chi connectivity index (χ4n) is 2.04. The molecule has 1 aliphatic heterocycles. The Balaban J connectivity index is 2.23. The lowest BCUT2D eigenvalue weighted by Gasteiger charge is -2.19. The number of anilines is 1. The van der Waals surface area contributed by atoms with Gasteiger partial charge in [-0.15, -0.1) is 0 Å². The van der Waals surface area contributed by atoms with E-state index in [0.29, 0.717) is 10.8 Å². The van der Waals surface area contributed by atoms with E-state index in [1.807, 2.05) is 0 Å². The molecule has 17 heavy (non-hydrogen) atoms. The largest absolute Gasteiger partial charge is 0.384 e. The van der Waals surface area contributed by atoms with E-state index in [1.54, 1.807) is 17.0 Å². The smallest absolute Gasteiger partial charge is 0.274 e. The molecule has 1 amide bonds. The van der Waals surface area contributed by atoms with Crippen LogP contribution in [0.4, 0.5) is 5.82 Å². The second kappa shape index (κ2) is 4.18. The van der Waals surface area contributed by atoms with Gasteiger partial charge in [-0.2, -0.15) is 0 Å². The Morgan fingerprint density at radius 1 is 1.53 bits per heavy atom. The molecule has 92 valence electrons. The first kappa shape index (κ1) is 12.2. The summed E-state index contributed by atoms with van der Waals surface area (Å²) < 4.78 is 0. The third-order valence-corrected chi connectivity index (χ3v) is 3.34. The van der Waals surface area contributed by atoms with Gasteiger partial charge in [0.1, 0.15) is 11.5 Å².